The molecule has 34 heteroatoms. The number of aromatic nitrogens is 1. The van der Waals surface area contributed by atoms with Crippen LogP contribution in [0.5, 0.6) is 34.5 Å². The molecule has 0 bridgehead atoms. The Bertz CT molecular complexity index is 6320. The first-order valence-corrected chi connectivity index (χ1v) is 36.5. The molecule has 0 spiro atoms. The molecule has 0 saturated heterocycles. The Morgan fingerprint density at radius 3 is 0.928 bits per heavy atom. The fraction of sp³-hybridized carbons (Fsp3) is 0.0879. The normalized spacial score (nSPS) is 9.77. The van der Waals surface area contributed by atoms with E-state index in [0.29, 0.717) is 49.5 Å². The van der Waals surface area contributed by atoms with Crippen molar-refractivity contribution in [2.24, 2.45) is 0 Å². The fourth-order valence-electron chi connectivity index (χ4n) is 11.6. The van der Waals surface area contributed by atoms with Crippen LogP contribution in [0.15, 0.2) is 194 Å². The van der Waals surface area contributed by atoms with Gasteiger partial charge in [0.2, 0.25) is 5.69 Å². The first-order valence-electron chi connectivity index (χ1n) is 36.1. The van der Waals surface area contributed by atoms with Gasteiger partial charge in [-0.25, -0.2) is 37.9 Å². The maximum Gasteiger partial charge on any atom is 0.261 e. The predicted molar refractivity (Wildman–Crippen MR) is 471 cm³/mol. The number of nitrogens with one attached hydrogen (secondary N) is 12. The van der Waals surface area contributed by atoms with Gasteiger partial charge in [0.1, 0.15) is 51.7 Å². The van der Waals surface area contributed by atoms with Gasteiger partial charge in [-0.1, -0.05) is 120 Å². The molecular weight excluding hydrogens is 1620 g/mol. The van der Waals surface area contributed by atoms with Crippen LogP contribution in [0.25, 0.3) is 84.7 Å². The number of aromatic hydroxyl groups is 6. The van der Waals surface area contributed by atoms with Gasteiger partial charge in [0.25, 0.3) is 35.4 Å². The number of rotatable bonds is 11. The molecule has 1 heterocycles. The van der Waals surface area contributed by atoms with Crippen LogP contribution in [0.1, 0.15) is 115 Å². The van der Waals surface area contributed by atoms with Crippen LogP contribution in [0, 0.1) is 97.4 Å². The van der Waals surface area contributed by atoms with Crippen molar-refractivity contribution in [3.63, 3.8) is 0 Å². The number of halogens is 3. The summed E-state index contributed by atoms with van der Waals surface area (Å²) in [6.45, 7) is 55.2. The number of carbonyl (C=O) groups is 6. The number of aryl methyl sites for hydroxylation is 2. The quantitative estimate of drug-likeness (QED) is 0.0326. The average molecular weight is 1700 g/mol. The van der Waals surface area contributed by atoms with Crippen LogP contribution in [0.2, 0.25) is 5.02 Å². The average Bonchev–Trinajstić information content (AvgIpc) is 0.820. The molecule has 0 atom stereocenters. The number of pyridine rings is 1. The second-order valence-corrected chi connectivity index (χ2v) is 26.6. The van der Waals surface area contributed by atoms with Crippen molar-refractivity contribution in [2.75, 3.05) is 0 Å². The lowest BCUT2D eigenvalue weighted by Crippen LogP contribution is -2.28. The molecule has 6 amide bonds. The van der Waals surface area contributed by atoms with Crippen molar-refractivity contribution in [3.05, 3.63) is 324 Å². The van der Waals surface area contributed by atoms with Gasteiger partial charge in [-0.2, -0.15) is 0 Å². The van der Waals surface area contributed by atoms with Gasteiger partial charge >= 0.3 is 0 Å². The van der Waals surface area contributed by atoms with Crippen molar-refractivity contribution in [3.8, 4) is 90.1 Å². The maximum atomic E-state index is 13.5. The summed E-state index contributed by atoms with van der Waals surface area (Å²) in [5.74, 6) is -7.95. The van der Waals surface area contributed by atoms with E-state index in [9.17, 15) is 68.2 Å². The first-order chi connectivity index (χ1) is 59.3. The molecule has 0 radical (unpaired) electrons. The minimum absolute atomic E-state index is 0.00528. The fourth-order valence-corrected chi connectivity index (χ4v) is 11.8. The van der Waals surface area contributed by atoms with E-state index >= 15 is 0 Å². The zero-order chi connectivity index (χ0) is 92.8. The number of benzene rings is 10. The van der Waals surface area contributed by atoms with E-state index in [1.165, 1.54) is 139 Å². The zero-order valence-corrected chi connectivity index (χ0v) is 68.1. The summed E-state index contributed by atoms with van der Waals surface area (Å²) in [7, 11) is 0. The smallest absolute Gasteiger partial charge is 0.261 e. The first kappa shape index (κ1) is 95.9. The maximum absolute atomic E-state index is 13.5. The molecule has 1 aromatic heterocycles. The van der Waals surface area contributed by atoms with Crippen LogP contribution in [-0.2, 0) is 0 Å². The molecule has 10 aromatic carbocycles. The van der Waals surface area contributed by atoms with E-state index in [1.807, 2.05) is 55.6 Å². The van der Waals surface area contributed by atoms with Crippen LogP contribution in [-0.4, -0.2) is 106 Å². The molecule has 18 N–H and O–H groups in total. The van der Waals surface area contributed by atoms with Crippen molar-refractivity contribution in [1.29, 1.82) is 32.5 Å². The minimum atomic E-state index is -1.09. The number of hydrogen-bond acceptors (Lipinski definition) is 19. The van der Waals surface area contributed by atoms with Crippen LogP contribution in [0.3, 0.4) is 0 Å². The number of phenolic OH excluding ortho intramolecular Hbond substituents is 6. The molecule has 0 aliphatic heterocycles. The zero-order valence-electron chi connectivity index (χ0n) is 67.4. The van der Waals surface area contributed by atoms with Crippen LogP contribution in [0.4, 0.5) is 42.9 Å². The lowest BCUT2D eigenvalue weighted by atomic mass is 9.93. The number of hydrogen-bond donors (Lipinski definition) is 18. The molecule has 626 valence electrons. The van der Waals surface area contributed by atoms with Gasteiger partial charge in [-0.3, -0.25) is 66.2 Å². The topological polar surface area (TPSA) is 478 Å². The van der Waals surface area contributed by atoms with Crippen LogP contribution < -0.4 is 31.9 Å². The second kappa shape index (κ2) is 44.6. The van der Waals surface area contributed by atoms with Gasteiger partial charge in [0, 0.05) is 45.2 Å². The van der Waals surface area contributed by atoms with E-state index < -0.39 is 58.4 Å². The van der Waals surface area contributed by atoms with Gasteiger partial charge in [-0.05, 0) is 168 Å². The molecule has 31 nitrogen and oxygen atoms in total. The number of amides is 6. The van der Waals surface area contributed by atoms with E-state index in [-0.39, 0.29) is 137 Å². The number of amidine groups is 6. The highest BCUT2D eigenvalue weighted by atomic mass is 35.5. The standard InChI is InChI=1S/2C17H15N3O2.C16H12ClN3O2.C16H12FN3O2.C15H12N4O2.C10H8FN3O2/c1-10-5-4-6-12(9-10)15-13(19-3)7-8-14(21)16(15)17(22)20-11(2)18;1-10-6-4-5-7-12(10)15-13(19-3)8-9-14(21)16(15)17(22)20-11(2)18;1-9(18)20-16(22)15-13(21)7-6-12(19-2)14(15)10-4-3-5-11(17)8-10;1-9(18)20-16(22)15-13(21)8-7-12(19-2)14(15)10-3-5-11(17)6-4-10;1-9(16)19-15(21)14-12(20)4-3-11(17-2)13(14)10-5-7-18-8-6-10;1-5(12)14-10(16)8-7(15)4-3-6(13-2)9(8)11/h2*4-9,21H,1-2H3,(H2,18,20,22);2*3-8,21H,1H3,(H2,18,20,22);3-8,20H,1H3,(H2,16,19,21);3-4,15H,1H3,(H2,12,14,16). The SMILES string of the molecule is [C-]#[N+]c1ccc(O)c(C(=O)NC(C)=N)c1-c1ccc(F)cc1.[C-]#[N+]c1ccc(O)c(C(=O)NC(C)=N)c1-c1cccc(C)c1.[C-]#[N+]c1ccc(O)c(C(=O)NC(C)=N)c1-c1cccc(Cl)c1.[C-]#[N+]c1ccc(O)c(C(=O)NC(C)=N)c1-c1ccccc1C.[C-]#[N+]c1ccc(O)c(C(=O)NC(C)=N)c1-c1ccncc1.[C-]#[N+]c1ccc(O)c(C(=O)NC(C)=N)c1F. The Labute approximate surface area is 719 Å². The van der Waals surface area contributed by atoms with Crippen LogP contribution >= 0.6 is 11.6 Å². The Kier molecular flexibility index (Phi) is 34.2. The summed E-state index contributed by atoms with van der Waals surface area (Å²) in [5, 5.41) is 118. The van der Waals surface area contributed by atoms with Crippen molar-refractivity contribution >= 4 is 116 Å². The molecule has 0 saturated carbocycles. The molecular formula is C91H74ClF2N19O12. The lowest BCUT2D eigenvalue weighted by molar-refractivity contribution is 0.0961. The van der Waals surface area contributed by atoms with E-state index in [2.05, 4.69) is 60.6 Å². The van der Waals surface area contributed by atoms with Gasteiger partial charge < -0.3 is 62.5 Å². The van der Waals surface area contributed by atoms with E-state index in [4.69, 9.17) is 83.5 Å². The molecule has 0 aliphatic rings. The number of nitrogens with zero attached hydrogens (tertiary/aromatic N) is 7. The van der Waals surface area contributed by atoms with Gasteiger partial charge in [-0.15, -0.1) is 0 Å². The molecule has 0 unspecified atom stereocenters. The molecule has 11 rings (SSSR count). The summed E-state index contributed by atoms with van der Waals surface area (Å²) in [5.41, 5.74) is 6.38. The largest absolute Gasteiger partial charge is 0.507 e. The Hall–Kier alpha value is -17.9. The van der Waals surface area contributed by atoms with Gasteiger partial charge in [0.15, 0.2) is 28.4 Å². The third-order valence-corrected chi connectivity index (χ3v) is 17.0. The third kappa shape index (κ3) is 25.3. The third-order valence-electron chi connectivity index (χ3n) is 16.7. The predicted octanol–water partition coefficient (Wildman–Crippen LogP) is 19.3. The minimum Gasteiger partial charge on any atom is -0.507 e. The summed E-state index contributed by atoms with van der Waals surface area (Å²) < 4.78 is 26.6. The van der Waals surface area contributed by atoms with Crippen molar-refractivity contribution < 1.29 is 68.2 Å². The highest BCUT2D eigenvalue weighted by molar-refractivity contribution is 6.31. The number of carbonyl (C=O) groups excluding carboxylic acids is 6. The monoisotopic (exact) mass is 1700 g/mol. The molecule has 0 fully saturated rings. The van der Waals surface area contributed by atoms with Crippen molar-refractivity contribution in [2.45, 2.75) is 55.4 Å². The highest BCUT2D eigenvalue weighted by Gasteiger charge is 2.28. The van der Waals surface area contributed by atoms with Gasteiger partial charge in [0.05, 0.1) is 102 Å². The molecule has 125 heavy (non-hydrogen) atoms. The molecule has 0 aliphatic carbocycles. The summed E-state index contributed by atoms with van der Waals surface area (Å²) in [6.07, 6.45) is 3.08. The number of phenols is 6. The Morgan fingerprint density at radius 2 is 0.608 bits per heavy atom. The summed E-state index contributed by atoms with van der Waals surface area (Å²) >= 11 is 5.97. The Balaban J connectivity index is 0.000000232. The lowest BCUT2D eigenvalue weighted by Gasteiger charge is -2.15. The Morgan fingerprint density at radius 1 is 0.328 bits per heavy atom. The van der Waals surface area contributed by atoms with Crippen molar-refractivity contribution in [1.82, 2.24) is 36.9 Å². The second-order valence-electron chi connectivity index (χ2n) is 26.1. The summed E-state index contributed by atoms with van der Waals surface area (Å²) in [4.78, 5) is 96.6. The molecule has 11 aromatic rings. The van der Waals surface area contributed by atoms with E-state index in [1.54, 1.807) is 48.5 Å². The van der Waals surface area contributed by atoms with E-state index in [0.717, 1.165) is 23.3 Å². The highest BCUT2D eigenvalue weighted by Crippen LogP contribution is 2.45. The summed E-state index contributed by atoms with van der Waals surface area (Å²) in [6, 6.07) is 45.8.